The third-order valence-corrected chi connectivity index (χ3v) is 5.83. The van der Waals surface area contributed by atoms with Gasteiger partial charge in [-0.25, -0.2) is 4.79 Å². The standard InChI is InChI=1S/C27H35ClN2O4/c1-7-8-9-10-18(2)13-23(26(32)34-27(3,4)5)30-17-24(33-6)22(15-25(30)31)21-14-20(28)12-11-19(21)16-29/h11-12,14-15,17-18,23H,7-10,13H2,1-6H3. The lowest BCUT2D eigenvalue weighted by molar-refractivity contribution is -0.159. The smallest absolute Gasteiger partial charge is 0.329 e. The zero-order valence-corrected chi connectivity index (χ0v) is 21.7. The van der Waals surface area contributed by atoms with Crippen LogP contribution < -0.4 is 10.3 Å². The summed E-state index contributed by atoms with van der Waals surface area (Å²) in [6.45, 7) is 9.67. The SMILES string of the molecule is CCCCCC(C)CC(C(=O)OC(C)(C)C)n1cc(OC)c(-c2cc(Cl)ccc2C#N)cc1=O. The summed E-state index contributed by atoms with van der Waals surface area (Å²) in [5.74, 6) is 0.137. The van der Waals surface area contributed by atoms with Crippen LogP contribution in [-0.2, 0) is 9.53 Å². The molecule has 1 heterocycles. The second-order valence-electron chi connectivity index (χ2n) is 9.69. The Morgan fingerprint density at radius 3 is 2.50 bits per heavy atom. The van der Waals surface area contributed by atoms with Gasteiger partial charge in [0.1, 0.15) is 17.4 Å². The first-order valence-electron chi connectivity index (χ1n) is 11.7. The number of aromatic nitrogens is 1. The minimum absolute atomic E-state index is 0.222. The molecule has 184 valence electrons. The minimum Gasteiger partial charge on any atom is -0.495 e. The molecule has 0 fully saturated rings. The van der Waals surface area contributed by atoms with Gasteiger partial charge in [-0.2, -0.15) is 5.26 Å². The Morgan fingerprint density at radius 1 is 1.21 bits per heavy atom. The Labute approximate surface area is 207 Å². The molecule has 0 spiro atoms. The first kappa shape index (κ1) is 27.5. The maximum absolute atomic E-state index is 13.3. The molecule has 0 bridgehead atoms. The average Bonchev–Trinajstić information content (AvgIpc) is 2.76. The number of carbonyl (C=O) groups excluding carboxylic acids is 1. The number of ether oxygens (including phenoxy) is 2. The monoisotopic (exact) mass is 486 g/mol. The molecule has 0 N–H and O–H groups in total. The molecule has 0 saturated carbocycles. The van der Waals surface area contributed by atoms with Gasteiger partial charge in [-0.15, -0.1) is 0 Å². The van der Waals surface area contributed by atoms with E-state index in [2.05, 4.69) is 19.9 Å². The van der Waals surface area contributed by atoms with E-state index in [-0.39, 0.29) is 11.5 Å². The highest BCUT2D eigenvalue weighted by Gasteiger charge is 2.30. The van der Waals surface area contributed by atoms with E-state index < -0.39 is 17.6 Å². The van der Waals surface area contributed by atoms with Gasteiger partial charge in [0.15, 0.2) is 0 Å². The summed E-state index contributed by atoms with van der Waals surface area (Å²) >= 11 is 6.16. The van der Waals surface area contributed by atoms with Gasteiger partial charge < -0.3 is 9.47 Å². The first-order valence-corrected chi connectivity index (χ1v) is 12.1. The molecule has 0 aliphatic rings. The van der Waals surface area contributed by atoms with E-state index in [4.69, 9.17) is 21.1 Å². The molecular formula is C27H35ClN2O4. The number of hydrogen-bond donors (Lipinski definition) is 0. The van der Waals surface area contributed by atoms with Crippen LogP contribution in [0.4, 0.5) is 0 Å². The summed E-state index contributed by atoms with van der Waals surface area (Å²) in [5, 5.41) is 9.97. The number of halogens is 1. The van der Waals surface area contributed by atoms with E-state index in [0.29, 0.717) is 33.9 Å². The Balaban J connectivity index is 2.56. The molecule has 34 heavy (non-hydrogen) atoms. The van der Waals surface area contributed by atoms with E-state index in [9.17, 15) is 14.9 Å². The lowest BCUT2D eigenvalue weighted by Crippen LogP contribution is -2.35. The normalized spacial score (nSPS) is 13.1. The van der Waals surface area contributed by atoms with Gasteiger partial charge in [-0.05, 0) is 51.3 Å². The van der Waals surface area contributed by atoms with E-state index in [1.54, 1.807) is 18.2 Å². The molecule has 0 aliphatic heterocycles. The van der Waals surface area contributed by atoms with Crippen molar-refractivity contribution in [3.05, 3.63) is 51.4 Å². The van der Waals surface area contributed by atoms with Crippen molar-refractivity contribution in [2.75, 3.05) is 7.11 Å². The molecule has 2 unspecified atom stereocenters. The number of rotatable bonds is 10. The van der Waals surface area contributed by atoms with Crippen LogP contribution in [0.15, 0.2) is 35.3 Å². The minimum atomic E-state index is -0.791. The molecule has 1 aromatic heterocycles. The molecular weight excluding hydrogens is 452 g/mol. The number of esters is 1. The van der Waals surface area contributed by atoms with Crippen LogP contribution in [0.2, 0.25) is 5.02 Å². The third kappa shape index (κ3) is 7.36. The molecule has 0 amide bonds. The maximum atomic E-state index is 13.3. The largest absolute Gasteiger partial charge is 0.495 e. The predicted octanol–water partition coefficient (Wildman–Crippen LogP) is 6.54. The van der Waals surface area contributed by atoms with Crippen molar-refractivity contribution in [1.82, 2.24) is 4.57 Å². The van der Waals surface area contributed by atoms with Crippen molar-refractivity contribution in [2.24, 2.45) is 5.92 Å². The summed E-state index contributed by atoms with van der Waals surface area (Å²) in [6.07, 6.45) is 6.29. The topological polar surface area (TPSA) is 81.3 Å². The van der Waals surface area contributed by atoms with Gasteiger partial charge >= 0.3 is 5.97 Å². The van der Waals surface area contributed by atoms with Crippen LogP contribution in [0.25, 0.3) is 11.1 Å². The molecule has 2 rings (SSSR count). The highest BCUT2D eigenvalue weighted by molar-refractivity contribution is 6.31. The number of methoxy groups -OCH3 is 1. The maximum Gasteiger partial charge on any atom is 0.329 e. The third-order valence-electron chi connectivity index (χ3n) is 5.60. The Kier molecular flexibility index (Phi) is 9.76. The van der Waals surface area contributed by atoms with Gasteiger partial charge in [0, 0.05) is 22.2 Å². The fourth-order valence-electron chi connectivity index (χ4n) is 3.92. The molecule has 0 radical (unpaired) electrons. The van der Waals surface area contributed by atoms with Crippen LogP contribution in [0.3, 0.4) is 0 Å². The number of benzene rings is 1. The molecule has 7 heteroatoms. The predicted molar refractivity (Wildman–Crippen MR) is 135 cm³/mol. The number of unbranched alkanes of at least 4 members (excludes halogenated alkanes) is 2. The second kappa shape index (κ2) is 12.1. The van der Waals surface area contributed by atoms with E-state index >= 15 is 0 Å². The summed E-state index contributed by atoms with van der Waals surface area (Å²) in [7, 11) is 1.49. The van der Waals surface area contributed by atoms with Crippen molar-refractivity contribution >= 4 is 17.6 Å². The second-order valence-corrected chi connectivity index (χ2v) is 10.1. The Bertz CT molecular complexity index is 1100. The lowest BCUT2D eigenvalue weighted by atomic mass is 9.95. The van der Waals surface area contributed by atoms with Gasteiger partial charge in [-0.3, -0.25) is 9.36 Å². The Hall–Kier alpha value is -2.78. The quantitative estimate of drug-likeness (QED) is 0.281. The van der Waals surface area contributed by atoms with Gasteiger partial charge in [0.05, 0.1) is 24.9 Å². The molecule has 6 nitrogen and oxygen atoms in total. The van der Waals surface area contributed by atoms with Crippen molar-refractivity contribution < 1.29 is 14.3 Å². The van der Waals surface area contributed by atoms with E-state index in [0.717, 1.165) is 25.7 Å². The van der Waals surface area contributed by atoms with Crippen LogP contribution in [-0.4, -0.2) is 23.2 Å². The van der Waals surface area contributed by atoms with Crippen molar-refractivity contribution in [3.8, 4) is 22.9 Å². The van der Waals surface area contributed by atoms with Gasteiger partial charge in [-0.1, -0.05) is 51.1 Å². The highest BCUT2D eigenvalue weighted by Crippen LogP contribution is 2.34. The van der Waals surface area contributed by atoms with E-state index in [1.807, 2.05) is 20.8 Å². The molecule has 2 atom stereocenters. The Morgan fingerprint density at radius 2 is 1.91 bits per heavy atom. The summed E-state index contributed by atoms with van der Waals surface area (Å²) < 4.78 is 12.7. The van der Waals surface area contributed by atoms with Crippen molar-refractivity contribution in [1.29, 1.82) is 5.26 Å². The number of hydrogen-bond acceptors (Lipinski definition) is 5. The molecule has 0 aliphatic carbocycles. The van der Waals surface area contributed by atoms with E-state index in [1.165, 1.54) is 23.9 Å². The van der Waals surface area contributed by atoms with Crippen molar-refractivity contribution in [2.45, 2.75) is 78.4 Å². The van der Waals surface area contributed by atoms with Crippen LogP contribution in [0.1, 0.15) is 78.3 Å². The molecule has 0 saturated heterocycles. The van der Waals surface area contributed by atoms with Crippen LogP contribution >= 0.6 is 11.6 Å². The summed E-state index contributed by atoms with van der Waals surface area (Å²) in [4.78, 5) is 26.5. The van der Waals surface area contributed by atoms with Gasteiger partial charge in [0.2, 0.25) is 0 Å². The molecule has 1 aromatic carbocycles. The van der Waals surface area contributed by atoms with Gasteiger partial charge in [0.25, 0.3) is 5.56 Å². The number of pyridine rings is 1. The zero-order valence-electron chi connectivity index (χ0n) is 21.0. The summed E-state index contributed by atoms with van der Waals surface area (Å²) in [5.41, 5.74) is 0.251. The average molecular weight is 487 g/mol. The van der Waals surface area contributed by atoms with Crippen LogP contribution in [0.5, 0.6) is 5.75 Å². The fourth-order valence-corrected chi connectivity index (χ4v) is 4.09. The zero-order chi connectivity index (χ0) is 25.5. The fraction of sp³-hybridized carbons (Fsp3) is 0.519. The number of nitrogens with zero attached hydrogens (tertiary/aromatic N) is 2. The first-order chi connectivity index (χ1) is 16.0. The summed E-state index contributed by atoms with van der Waals surface area (Å²) in [6, 6.07) is 7.58. The number of nitriles is 1. The highest BCUT2D eigenvalue weighted by atomic mass is 35.5. The lowest BCUT2D eigenvalue weighted by Gasteiger charge is -2.27. The van der Waals surface area contributed by atoms with Crippen molar-refractivity contribution in [3.63, 3.8) is 0 Å². The molecule has 2 aromatic rings. The van der Waals surface area contributed by atoms with Crippen LogP contribution in [0, 0.1) is 17.2 Å². The number of carbonyl (C=O) groups is 1.